The van der Waals surface area contributed by atoms with Gasteiger partial charge in [0.05, 0.1) is 19.2 Å². The second-order valence-corrected chi connectivity index (χ2v) is 3.57. The lowest BCUT2D eigenvalue weighted by Gasteiger charge is -2.01. The Labute approximate surface area is 118 Å². The van der Waals surface area contributed by atoms with Crippen molar-refractivity contribution in [1.29, 1.82) is 5.26 Å². The summed E-state index contributed by atoms with van der Waals surface area (Å²) in [6.45, 7) is 10.4. The second-order valence-electron chi connectivity index (χ2n) is 3.57. The van der Waals surface area contributed by atoms with E-state index < -0.39 is 11.9 Å². The lowest BCUT2D eigenvalue weighted by Crippen LogP contribution is -2.13. The van der Waals surface area contributed by atoms with Crippen molar-refractivity contribution < 1.29 is 14.3 Å². The molecule has 0 aromatic heterocycles. The van der Waals surface area contributed by atoms with Gasteiger partial charge < -0.3 is 9.53 Å². The fraction of sp³-hybridized carbons (Fsp3) is 0.333. The summed E-state index contributed by atoms with van der Waals surface area (Å²) >= 11 is 0. The van der Waals surface area contributed by atoms with Crippen LogP contribution < -0.4 is 0 Å². The molecule has 20 heavy (non-hydrogen) atoms. The summed E-state index contributed by atoms with van der Waals surface area (Å²) in [5, 5.41) is 8.79. The Kier molecular flexibility index (Phi) is 8.91. The van der Waals surface area contributed by atoms with E-state index in [1.54, 1.807) is 13.8 Å². The Hall–Kier alpha value is -2.66. The molecule has 0 saturated heterocycles. The van der Waals surface area contributed by atoms with Crippen LogP contribution in [-0.4, -0.2) is 18.4 Å². The minimum atomic E-state index is -0.957. The third kappa shape index (κ3) is 6.32. The third-order valence-electron chi connectivity index (χ3n) is 2.19. The van der Waals surface area contributed by atoms with E-state index in [-0.39, 0.29) is 24.5 Å². The van der Waals surface area contributed by atoms with Gasteiger partial charge in [0.25, 0.3) is 0 Å². The minimum Gasteiger partial charge on any atom is -0.465 e. The molecule has 0 N–H and O–H groups in total. The van der Waals surface area contributed by atoms with Crippen LogP contribution in [0.2, 0.25) is 0 Å². The lowest BCUT2D eigenvalue weighted by atomic mass is 10.1. The maximum Gasteiger partial charge on any atom is 0.327 e. The zero-order valence-electron chi connectivity index (χ0n) is 11.5. The smallest absolute Gasteiger partial charge is 0.327 e. The van der Waals surface area contributed by atoms with Crippen molar-refractivity contribution in [3.8, 4) is 6.07 Å². The van der Waals surface area contributed by atoms with Crippen LogP contribution in [0.5, 0.6) is 0 Å². The van der Waals surface area contributed by atoms with Gasteiger partial charge in [-0.2, -0.15) is 5.26 Å². The highest BCUT2D eigenvalue weighted by atomic mass is 16.5. The van der Waals surface area contributed by atoms with Gasteiger partial charge in [0.2, 0.25) is 5.70 Å². The minimum absolute atomic E-state index is 0.0550. The van der Waals surface area contributed by atoms with Gasteiger partial charge in [-0.05, 0) is 13.3 Å². The molecule has 0 aliphatic rings. The second kappa shape index (κ2) is 10.3. The molecule has 0 saturated carbocycles. The van der Waals surface area contributed by atoms with Crippen LogP contribution in [0.25, 0.3) is 4.85 Å². The number of Topliss-reactive ketones (excluding diaryl/α,β-unsaturated/α-hetero) is 1. The molecular formula is C15H16N2O3. The van der Waals surface area contributed by atoms with E-state index in [1.165, 1.54) is 30.4 Å². The van der Waals surface area contributed by atoms with Gasteiger partial charge in [-0.1, -0.05) is 37.3 Å². The van der Waals surface area contributed by atoms with Gasteiger partial charge >= 0.3 is 5.97 Å². The zero-order chi connectivity index (χ0) is 15.4. The molecule has 0 aromatic rings. The molecule has 5 nitrogen and oxygen atoms in total. The summed E-state index contributed by atoms with van der Waals surface area (Å²) in [6.07, 6.45) is 7.61. The fourth-order valence-electron chi connectivity index (χ4n) is 1.17. The number of hydrogen-bond acceptors (Lipinski definition) is 4. The molecule has 104 valence electrons. The van der Waals surface area contributed by atoms with Gasteiger partial charge in [-0.25, -0.2) is 4.85 Å². The SMILES string of the molecule is [C-]#[N+]C(=CC=CC=CC(C#N)C(=O)OCC)C(=O)CC. The van der Waals surface area contributed by atoms with Crippen LogP contribution in [0.15, 0.2) is 36.1 Å². The Bertz CT molecular complexity index is 516. The van der Waals surface area contributed by atoms with E-state index >= 15 is 0 Å². The number of esters is 1. The first kappa shape index (κ1) is 17.3. The van der Waals surface area contributed by atoms with Crippen LogP contribution in [0.1, 0.15) is 20.3 Å². The lowest BCUT2D eigenvalue weighted by molar-refractivity contribution is -0.144. The number of hydrogen-bond donors (Lipinski definition) is 0. The van der Waals surface area contributed by atoms with Crippen molar-refractivity contribution in [2.24, 2.45) is 5.92 Å². The van der Waals surface area contributed by atoms with E-state index in [4.69, 9.17) is 16.6 Å². The monoisotopic (exact) mass is 272 g/mol. The number of nitrogens with zero attached hydrogens (tertiary/aromatic N) is 2. The van der Waals surface area contributed by atoms with Crippen LogP contribution >= 0.6 is 0 Å². The first-order valence-corrected chi connectivity index (χ1v) is 6.12. The maximum atomic E-state index is 11.3. The number of ketones is 1. The molecule has 0 aliphatic carbocycles. The molecule has 1 atom stereocenters. The Balaban J connectivity index is 4.64. The summed E-state index contributed by atoms with van der Waals surface area (Å²) in [7, 11) is 0. The van der Waals surface area contributed by atoms with Crippen molar-refractivity contribution in [3.05, 3.63) is 47.5 Å². The molecular weight excluding hydrogens is 256 g/mol. The first-order chi connectivity index (χ1) is 9.60. The topological polar surface area (TPSA) is 71.5 Å². The predicted octanol–water partition coefficient (Wildman–Crippen LogP) is 2.58. The highest BCUT2D eigenvalue weighted by Crippen LogP contribution is 2.03. The van der Waals surface area contributed by atoms with Crippen LogP contribution in [0.4, 0.5) is 0 Å². The number of rotatable bonds is 7. The average Bonchev–Trinajstić information content (AvgIpc) is 2.46. The molecule has 0 fully saturated rings. The Morgan fingerprint density at radius 2 is 2.05 bits per heavy atom. The third-order valence-corrected chi connectivity index (χ3v) is 2.19. The van der Waals surface area contributed by atoms with Gasteiger partial charge in [0.1, 0.15) is 0 Å². The molecule has 0 spiro atoms. The van der Waals surface area contributed by atoms with E-state index in [0.29, 0.717) is 0 Å². The number of allylic oxidation sites excluding steroid dienone is 5. The van der Waals surface area contributed by atoms with Gasteiger partial charge in [-0.15, -0.1) is 0 Å². The Morgan fingerprint density at radius 1 is 1.35 bits per heavy atom. The zero-order valence-corrected chi connectivity index (χ0v) is 11.5. The summed E-state index contributed by atoms with van der Waals surface area (Å²) in [5.41, 5.74) is 0.0550. The van der Waals surface area contributed by atoms with E-state index in [1.807, 2.05) is 6.07 Å². The molecule has 0 heterocycles. The van der Waals surface area contributed by atoms with Crippen LogP contribution in [0.3, 0.4) is 0 Å². The maximum absolute atomic E-state index is 11.3. The number of nitriles is 1. The molecule has 5 heteroatoms. The molecule has 0 rings (SSSR count). The molecule has 0 bridgehead atoms. The first-order valence-electron chi connectivity index (χ1n) is 6.12. The van der Waals surface area contributed by atoms with Crippen LogP contribution in [0, 0.1) is 23.8 Å². The van der Waals surface area contributed by atoms with Crippen molar-refractivity contribution in [3.63, 3.8) is 0 Å². The van der Waals surface area contributed by atoms with Crippen LogP contribution in [-0.2, 0) is 14.3 Å². The summed E-state index contributed by atoms with van der Waals surface area (Å²) in [4.78, 5) is 25.7. The van der Waals surface area contributed by atoms with Crippen molar-refractivity contribution in [2.45, 2.75) is 20.3 Å². The largest absolute Gasteiger partial charge is 0.465 e. The number of carbonyl (C=O) groups excluding carboxylic acids is 2. The van der Waals surface area contributed by atoms with E-state index in [0.717, 1.165) is 0 Å². The van der Waals surface area contributed by atoms with E-state index in [9.17, 15) is 9.59 Å². The standard InChI is InChI=1S/C15H16N2O3/c1-4-14(18)13(17-3)10-8-6-7-9-12(11-16)15(19)20-5-2/h6-10,12H,4-5H2,1-2H3. The van der Waals surface area contributed by atoms with Gasteiger partial charge in [0, 0.05) is 0 Å². The predicted molar refractivity (Wildman–Crippen MR) is 74.0 cm³/mol. The highest BCUT2D eigenvalue weighted by molar-refractivity contribution is 5.97. The van der Waals surface area contributed by atoms with Crippen molar-refractivity contribution in [2.75, 3.05) is 6.61 Å². The van der Waals surface area contributed by atoms with E-state index in [2.05, 4.69) is 4.85 Å². The van der Waals surface area contributed by atoms with Crippen molar-refractivity contribution in [1.82, 2.24) is 0 Å². The molecule has 0 aromatic carbocycles. The summed E-state index contributed by atoms with van der Waals surface area (Å²) in [5.74, 6) is -1.78. The number of ether oxygens (including phenoxy) is 1. The molecule has 1 unspecified atom stereocenters. The number of carbonyl (C=O) groups is 2. The summed E-state index contributed by atoms with van der Waals surface area (Å²) in [6, 6.07) is 1.81. The highest BCUT2D eigenvalue weighted by Gasteiger charge is 2.14. The summed E-state index contributed by atoms with van der Waals surface area (Å²) < 4.78 is 4.72. The van der Waals surface area contributed by atoms with Crippen molar-refractivity contribution >= 4 is 11.8 Å². The quantitative estimate of drug-likeness (QED) is 0.309. The Morgan fingerprint density at radius 3 is 2.55 bits per heavy atom. The van der Waals surface area contributed by atoms with Gasteiger partial charge in [0.15, 0.2) is 11.7 Å². The normalized spacial score (nSPS) is 12.9. The molecule has 0 amide bonds. The average molecular weight is 272 g/mol. The van der Waals surface area contributed by atoms with Gasteiger partial charge in [-0.3, -0.25) is 4.79 Å². The molecule has 0 aliphatic heterocycles. The fourth-order valence-corrected chi connectivity index (χ4v) is 1.17. The molecule has 0 radical (unpaired) electrons.